The van der Waals surface area contributed by atoms with E-state index in [0.717, 1.165) is 56.4 Å². The molecule has 6 heteroatoms. The Morgan fingerprint density at radius 2 is 2.25 bits per heavy atom. The van der Waals surface area contributed by atoms with E-state index in [0.29, 0.717) is 6.54 Å². The van der Waals surface area contributed by atoms with Crippen molar-refractivity contribution >= 4 is 17.5 Å². The van der Waals surface area contributed by atoms with E-state index in [1.54, 1.807) is 0 Å². The summed E-state index contributed by atoms with van der Waals surface area (Å²) in [4.78, 5) is 22.7. The molecule has 1 aliphatic heterocycles. The average molecular weight is 277 g/mol. The zero-order chi connectivity index (χ0) is 14.4. The lowest BCUT2D eigenvalue weighted by atomic mass is 10.3. The van der Waals surface area contributed by atoms with Gasteiger partial charge in [-0.2, -0.15) is 0 Å². The van der Waals surface area contributed by atoms with Crippen LogP contribution in [0.3, 0.4) is 0 Å². The van der Waals surface area contributed by atoms with Crippen LogP contribution in [0, 0.1) is 0 Å². The van der Waals surface area contributed by atoms with E-state index in [-0.39, 0.29) is 5.91 Å². The minimum absolute atomic E-state index is 0.0576. The van der Waals surface area contributed by atoms with Crippen LogP contribution in [0.2, 0.25) is 0 Å². The van der Waals surface area contributed by atoms with E-state index in [1.807, 2.05) is 17.9 Å². The first-order chi connectivity index (χ1) is 9.72. The van der Waals surface area contributed by atoms with Gasteiger partial charge in [-0.3, -0.25) is 4.79 Å². The zero-order valence-corrected chi connectivity index (χ0v) is 12.3. The molecule has 1 amide bonds. The number of nitrogens with zero attached hydrogens (tertiary/aromatic N) is 3. The van der Waals surface area contributed by atoms with E-state index in [9.17, 15) is 4.79 Å². The predicted molar refractivity (Wildman–Crippen MR) is 80.0 cm³/mol. The fourth-order valence-electron chi connectivity index (χ4n) is 2.15. The fourth-order valence-corrected chi connectivity index (χ4v) is 2.15. The quantitative estimate of drug-likeness (QED) is 0.846. The monoisotopic (exact) mass is 277 g/mol. The molecule has 20 heavy (non-hydrogen) atoms. The Kier molecular flexibility index (Phi) is 5.15. The molecule has 1 fully saturated rings. The Balaban J connectivity index is 2.21. The fraction of sp³-hybridized carbons (Fsp3) is 0.643. The average Bonchev–Trinajstić information content (AvgIpc) is 2.69. The Labute approximate surface area is 120 Å². The number of hydrogen-bond donors (Lipinski definition) is 2. The standard InChI is InChI=1S/C14H23N5O/c1-3-6-15-12-9-13(18-11(4-2)17-12)19-8-5-7-16-14(20)10-19/h9H,3-8,10H2,1-2H3,(H,16,20)(H,15,17,18). The van der Waals surface area contributed by atoms with Crippen LogP contribution >= 0.6 is 0 Å². The largest absolute Gasteiger partial charge is 0.370 e. The number of hydrogen-bond acceptors (Lipinski definition) is 5. The van der Waals surface area contributed by atoms with Gasteiger partial charge in [-0.05, 0) is 12.8 Å². The summed E-state index contributed by atoms with van der Waals surface area (Å²) in [5.41, 5.74) is 0. The SMILES string of the molecule is CCCNc1cc(N2CCCNC(=O)C2)nc(CC)n1. The molecule has 1 saturated heterocycles. The zero-order valence-electron chi connectivity index (χ0n) is 12.3. The van der Waals surface area contributed by atoms with Gasteiger partial charge >= 0.3 is 0 Å². The minimum Gasteiger partial charge on any atom is -0.370 e. The summed E-state index contributed by atoms with van der Waals surface area (Å²) in [7, 11) is 0. The molecule has 0 radical (unpaired) electrons. The number of carbonyl (C=O) groups excluding carboxylic acids is 1. The first kappa shape index (κ1) is 14.6. The van der Waals surface area contributed by atoms with Gasteiger partial charge < -0.3 is 15.5 Å². The van der Waals surface area contributed by atoms with Crippen LogP contribution in [0.5, 0.6) is 0 Å². The van der Waals surface area contributed by atoms with Crippen molar-refractivity contribution in [3.8, 4) is 0 Å². The van der Waals surface area contributed by atoms with Gasteiger partial charge in [0, 0.05) is 32.1 Å². The molecule has 0 bridgehead atoms. The lowest BCUT2D eigenvalue weighted by Gasteiger charge is -2.21. The van der Waals surface area contributed by atoms with Gasteiger partial charge in [0.1, 0.15) is 17.5 Å². The molecule has 1 aromatic heterocycles. The molecule has 110 valence electrons. The highest BCUT2D eigenvalue weighted by molar-refractivity contribution is 5.81. The number of rotatable bonds is 5. The first-order valence-corrected chi connectivity index (χ1v) is 7.36. The van der Waals surface area contributed by atoms with E-state index in [4.69, 9.17) is 0 Å². The van der Waals surface area contributed by atoms with Gasteiger partial charge in [0.2, 0.25) is 5.91 Å². The lowest BCUT2D eigenvalue weighted by Crippen LogP contribution is -2.33. The summed E-state index contributed by atoms with van der Waals surface area (Å²) in [5, 5.41) is 6.18. The first-order valence-electron chi connectivity index (χ1n) is 7.36. The third-order valence-electron chi connectivity index (χ3n) is 3.22. The van der Waals surface area contributed by atoms with Gasteiger partial charge in [-0.15, -0.1) is 0 Å². The molecular formula is C14H23N5O. The minimum atomic E-state index is 0.0576. The molecule has 0 saturated carbocycles. The number of anilines is 2. The van der Waals surface area contributed by atoms with Gasteiger partial charge in [0.05, 0.1) is 6.54 Å². The molecule has 6 nitrogen and oxygen atoms in total. The molecule has 0 aliphatic carbocycles. The van der Waals surface area contributed by atoms with Crippen molar-refractivity contribution in [1.82, 2.24) is 15.3 Å². The van der Waals surface area contributed by atoms with Crippen molar-refractivity contribution in [3.05, 3.63) is 11.9 Å². The van der Waals surface area contributed by atoms with Crippen LogP contribution in [-0.2, 0) is 11.2 Å². The summed E-state index contributed by atoms with van der Waals surface area (Å²) in [6.45, 7) is 6.99. The Hall–Kier alpha value is -1.85. The van der Waals surface area contributed by atoms with Gasteiger partial charge in [0.15, 0.2) is 0 Å². The van der Waals surface area contributed by atoms with Crippen LogP contribution in [0.4, 0.5) is 11.6 Å². The molecule has 0 aromatic carbocycles. The highest BCUT2D eigenvalue weighted by atomic mass is 16.2. The number of carbonyl (C=O) groups is 1. The van der Waals surface area contributed by atoms with E-state index < -0.39 is 0 Å². The maximum atomic E-state index is 11.7. The second-order valence-electron chi connectivity index (χ2n) is 4.93. The van der Waals surface area contributed by atoms with Gasteiger partial charge in [-0.1, -0.05) is 13.8 Å². The summed E-state index contributed by atoms with van der Waals surface area (Å²) >= 11 is 0. The third-order valence-corrected chi connectivity index (χ3v) is 3.22. The highest BCUT2D eigenvalue weighted by Crippen LogP contribution is 2.17. The molecule has 2 N–H and O–H groups in total. The summed E-state index contributed by atoms with van der Waals surface area (Å²) in [6, 6.07) is 1.94. The molecule has 0 atom stereocenters. The topological polar surface area (TPSA) is 70.2 Å². The molecule has 1 aromatic rings. The van der Waals surface area contributed by atoms with Crippen molar-refractivity contribution in [2.24, 2.45) is 0 Å². The number of aryl methyl sites for hydroxylation is 1. The Bertz CT molecular complexity index is 463. The normalized spacial score (nSPS) is 15.7. The van der Waals surface area contributed by atoms with Crippen LogP contribution in [0.15, 0.2) is 6.07 Å². The van der Waals surface area contributed by atoms with Crippen LogP contribution in [0.1, 0.15) is 32.5 Å². The number of aromatic nitrogens is 2. The molecule has 2 rings (SSSR count). The van der Waals surface area contributed by atoms with Crippen molar-refractivity contribution in [2.75, 3.05) is 36.4 Å². The van der Waals surface area contributed by atoms with Crippen LogP contribution in [0.25, 0.3) is 0 Å². The van der Waals surface area contributed by atoms with E-state index in [1.165, 1.54) is 0 Å². The molecule has 2 heterocycles. The Morgan fingerprint density at radius 3 is 3.00 bits per heavy atom. The molecular weight excluding hydrogens is 254 g/mol. The second kappa shape index (κ2) is 7.07. The number of amides is 1. The third kappa shape index (κ3) is 3.82. The second-order valence-corrected chi connectivity index (χ2v) is 4.93. The Morgan fingerprint density at radius 1 is 1.40 bits per heavy atom. The summed E-state index contributed by atoms with van der Waals surface area (Å²) in [6.07, 6.45) is 2.77. The van der Waals surface area contributed by atoms with Gasteiger partial charge in [-0.25, -0.2) is 9.97 Å². The maximum absolute atomic E-state index is 11.7. The molecule has 0 unspecified atom stereocenters. The summed E-state index contributed by atoms with van der Waals surface area (Å²) in [5.74, 6) is 2.55. The number of nitrogens with one attached hydrogen (secondary N) is 2. The highest BCUT2D eigenvalue weighted by Gasteiger charge is 2.17. The van der Waals surface area contributed by atoms with Gasteiger partial charge in [0.25, 0.3) is 0 Å². The van der Waals surface area contributed by atoms with Crippen molar-refractivity contribution < 1.29 is 4.79 Å². The summed E-state index contributed by atoms with van der Waals surface area (Å²) < 4.78 is 0. The predicted octanol–water partition coefficient (Wildman–Crippen LogP) is 1.19. The molecule has 1 aliphatic rings. The smallest absolute Gasteiger partial charge is 0.239 e. The maximum Gasteiger partial charge on any atom is 0.239 e. The van der Waals surface area contributed by atoms with E-state index >= 15 is 0 Å². The molecule has 0 spiro atoms. The van der Waals surface area contributed by atoms with Crippen LogP contribution < -0.4 is 15.5 Å². The van der Waals surface area contributed by atoms with Crippen molar-refractivity contribution in [2.45, 2.75) is 33.1 Å². The van der Waals surface area contributed by atoms with Crippen molar-refractivity contribution in [3.63, 3.8) is 0 Å². The van der Waals surface area contributed by atoms with Crippen LogP contribution in [-0.4, -0.2) is 42.1 Å². The van der Waals surface area contributed by atoms with Crippen molar-refractivity contribution in [1.29, 1.82) is 0 Å². The lowest BCUT2D eigenvalue weighted by molar-refractivity contribution is -0.119. The van der Waals surface area contributed by atoms with E-state index in [2.05, 4.69) is 27.5 Å².